The number of anilines is 2. The Kier molecular flexibility index (Phi) is 2.71. The lowest BCUT2D eigenvalue weighted by atomic mass is 10.2. The molecule has 0 aliphatic heterocycles. The van der Waals surface area contributed by atoms with Crippen LogP contribution in [0.25, 0.3) is 5.65 Å². The van der Waals surface area contributed by atoms with Crippen LogP contribution in [0.5, 0.6) is 0 Å². The second kappa shape index (κ2) is 4.53. The van der Waals surface area contributed by atoms with Gasteiger partial charge in [0.2, 0.25) is 0 Å². The zero-order valence-electron chi connectivity index (χ0n) is 9.86. The molecule has 0 saturated heterocycles. The van der Waals surface area contributed by atoms with Gasteiger partial charge < -0.3 is 10.4 Å². The van der Waals surface area contributed by atoms with Crippen molar-refractivity contribution in [2.75, 3.05) is 5.32 Å². The minimum absolute atomic E-state index is 0.0970. The molecule has 20 heavy (non-hydrogen) atoms. The van der Waals surface area contributed by atoms with E-state index in [1.54, 1.807) is 0 Å². The van der Waals surface area contributed by atoms with Crippen molar-refractivity contribution in [3.63, 3.8) is 0 Å². The van der Waals surface area contributed by atoms with Gasteiger partial charge in [-0.2, -0.15) is 4.52 Å². The third kappa shape index (κ3) is 2.00. The number of carbonyl (C=O) groups is 1. The lowest BCUT2D eigenvalue weighted by Crippen LogP contribution is -2.04. The van der Waals surface area contributed by atoms with E-state index >= 15 is 0 Å². The van der Waals surface area contributed by atoms with Crippen molar-refractivity contribution in [3.8, 4) is 0 Å². The molecule has 2 aromatic heterocycles. The Hall–Kier alpha value is -3.10. The number of halogens is 1. The molecule has 0 aliphatic rings. The molecule has 1 aromatic carbocycles. The first-order valence-electron chi connectivity index (χ1n) is 5.47. The SMILES string of the molecule is O=C(O)c1ccc(Nc2cncc3nnnn23)c(F)c1. The molecular weight excluding hydrogens is 267 g/mol. The monoisotopic (exact) mass is 274 g/mol. The Bertz CT molecular complexity index is 802. The number of rotatable bonds is 3. The molecule has 3 aromatic rings. The number of nitrogens with zero attached hydrogens (tertiary/aromatic N) is 5. The Morgan fingerprint density at radius 3 is 2.95 bits per heavy atom. The lowest BCUT2D eigenvalue weighted by molar-refractivity contribution is 0.0696. The van der Waals surface area contributed by atoms with E-state index in [9.17, 15) is 9.18 Å². The topological polar surface area (TPSA) is 105 Å². The molecule has 3 rings (SSSR count). The molecule has 0 bridgehead atoms. The molecule has 0 spiro atoms. The van der Waals surface area contributed by atoms with Crippen LogP contribution in [0.3, 0.4) is 0 Å². The number of nitrogens with one attached hydrogen (secondary N) is 1. The van der Waals surface area contributed by atoms with Gasteiger partial charge in [-0.05, 0) is 28.6 Å². The number of carboxylic acid groups (broad SMARTS) is 1. The third-order valence-electron chi connectivity index (χ3n) is 2.59. The predicted molar refractivity (Wildman–Crippen MR) is 65.2 cm³/mol. The summed E-state index contributed by atoms with van der Waals surface area (Å²) in [6, 6.07) is 3.54. The molecule has 0 radical (unpaired) electrons. The maximum absolute atomic E-state index is 13.8. The fourth-order valence-corrected chi connectivity index (χ4v) is 1.65. The minimum Gasteiger partial charge on any atom is -0.478 e. The minimum atomic E-state index is -1.19. The molecule has 0 aliphatic carbocycles. The maximum Gasteiger partial charge on any atom is 0.335 e. The van der Waals surface area contributed by atoms with Crippen LogP contribution in [-0.2, 0) is 0 Å². The van der Waals surface area contributed by atoms with Gasteiger partial charge in [0.25, 0.3) is 0 Å². The molecular formula is C11H7FN6O2. The van der Waals surface area contributed by atoms with E-state index in [1.807, 2.05) is 0 Å². The van der Waals surface area contributed by atoms with Crippen molar-refractivity contribution >= 4 is 23.1 Å². The van der Waals surface area contributed by atoms with Crippen LogP contribution >= 0.6 is 0 Å². The number of benzene rings is 1. The summed E-state index contributed by atoms with van der Waals surface area (Å²) in [5, 5.41) is 22.4. The maximum atomic E-state index is 13.8. The number of hydrogen-bond donors (Lipinski definition) is 2. The number of hydrogen-bond acceptors (Lipinski definition) is 6. The van der Waals surface area contributed by atoms with Gasteiger partial charge in [-0.3, -0.25) is 4.98 Å². The average molecular weight is 274 g/mol. The van der Waals surface area contributed by atoms with E-state index in [-0.39, 0.29) is 11.3 Å². The summed E-state index contributed by atoms with van der Waals surface area (Å²) in [5.74, 6) is -1.54. The van der Waals surface area contributed by atoms with Gasteiger partial charge in [0.05, 0.1) is 23.6 Å². The van der Waals surface area contributed by atoms with Gasteiger partial charge in [-0.1, -0.05) is 0 Å². The Labute approximate surface area is 110 Å². The zero-order chi connectivity index (χ0) is 14.1. The molecule has 2 heterocycles. The lowest BCUT2D eigenvalue weighted by Gasteiger charge is -2.08. The summed E-state index contributed by atoms with van der Waals surface area (Å²) in [6.07, 6.45) is 2.88. The van der Waals surface area contributed by atoms with E-state index < -0.39 is 11.8 Å². The number of aromatic carboxylic acids is 1. The quantitative estimate of drug-likeness (QED) is 0.736. The van der Waals surface area contributed by atoms with E-state index in [2.05, 4.69) is 25.8 Å². The van der Waals surface area contributed by atoms with Crippen LogP contribution in [0.1, 0.15) is 10.4 Å². The van der Waals surface area contributed by atoms with Gasteiger partial charge in [0.15, 0.2) is 11.5 Å². The van der Waals surface area contributed by atoms with Crippen LogP contribution < -0.4 is 5.32 Å². The highest BCUT2D eigenvalue weighted by Gasteiger charge is 2.10. The molecule has 0 saturated carbocycles. The molecule has 2 N–H and O–H groups in total. The van der Waals surface area contributed by atoms with Crippen molar-refractivity contribution < 1.29 is 14.3 Å². The van der Waals surface area contributed by atoms with Crippen LogP contribution in [0.2, 0.25) is 0 Å². The molecule has 0 atom stereocenters. The fourth-order valence-electron chi connectivity index (χ4n) is 1.65. The molecule has 0 unspecified atom stereocenters. The van der Waals surface area contributed by atoms with Crippen molar-refractivity contribution in [2.45, 2.75) is 0 Å². The summed E-state index contributed by atoms with van der Waals surface area (Å²) in [4.78, 5) is 14.6. The largest absolute Gasteiger partial charge is 0.478 e. The Morgan fingerprint density at radius 1 is 1.35 bits per heavy atom. The summed E-state index contributed by atoms with van der Waals surface area (Å²) < 4.78 is 15.2. The van der Waals surface area contributed by atoms with Gasteiger partial charge in [-0.15, -0.1) is 5.10 Å². The first kappa shape index (κ1) is 12.0. The summed E-state index contributed by atoms with van der Waals surface area (Å²) in [7, 11) is 0. The van der Waals surface area contributed by atoms with Crippen LogP contribution in [0.15, 0.2) is 30.6 Å². The van der Waals surface area contributed by atoms with E-state index in [4.69, 9.17) is 5.11 Å². The number of fused-ring (bicyclic) bond motifs is 1. The zero-order valence-corrected chi connectivity index (χ0v) is 9.86. The Balaban J connectivity index is 1.99. The second-order valence-corrected chi connectivity index (χ2v) is 3.87. The normalized spacial score (nSPS) is 10.7. The van der Waals surface area contributed by atoms with Crippen molar-refractivity contribution in [2.24, 2.45) is 0 Å². The second-order valence-electron chi connectivity index (χ2n) is 3.87. The van der Waals surface area contributed by atoms with Gasteiger partial charge >= 0.3 is 5.97 Å². The van der Waals surface area contributed by atoms with Crippen LogP contribution in [0.4, 0.5) is 15.9 Å². The molecule has 0 amide bonds. The third-order valence-corrected chi connectivity index (χ3v) is 2.59. The van der Waals surface area contributed by atoms with Crippen LogP contribution in [-0.4, -0.2) is 36.1 Å². The highest BCUT2D eigenvalue weighted by molar-refractivity contribution is 5.88. The smallest absolute Gasteiger partial charge is 0.335 e. The highest BCUT2D eigenvalue weighted by atomic mass is 19.1. The number of carboxylic acids is 1. The predicted octanol–water partition coefficient (Wildman–Crippen LogP) is 1.10. The molecule has 100 valence electrons. The molecule has 0 fully saturated rings. The number of tetrazole rings is 1. The average Bonchev–Trinajstić information content (AvgIpc) is 2.90. The van der Waals surface area contributed by atoms with Crippen molar-refractivity contribution in [3.05, 3.63) is 42.0 Å². The first-order valence-corrected chi connectivity index (χ1v) is 5.47. The summed E-state index contributed by atoms with van der Waals surface area (Å²) >= 11 is 0. The van der Waals surface area contributed by atoms with Crippen LogP contribution in [0, 0.1) is 5.82 Å². The van der Waals surface area contributed by atoms with E-state index in [0.717, 1.165) is 6.07 Å². The summed E-state index contributed by atoms with van der Waals surface area (Å²) in [6.45, 7) is 0. The molecule has 9 heteroatoms. The highest BCUT2D eigenvalue weighted by Crippen LogP contribution is 2.20. The van der Waals surface area contributed by atoms with Crippen molar-refractivity contribution in [1.29, 1.82) is 0 Å². The Morgan fingerprint density at radius 2 is 2.20 bits per heavy atom. The van der Waals surface area contributed by atoms with Crippen molar-refractivity contribution in [1.82, 2.24) is 25.0 Å². The summed E-state index contributed by atoms with van der Waals surface area (Å²) in [5.41, 5.74) is 0.365. The molecule has 8 nitrogen and oxygen atoms in total. The fraction of sp³-hybridized carbons (Fsp3) is 0. The van der Waals surface area contributed by atoms with Gasteiger partial charge in [-0.25, -0.2) is 9.18 Å². The van der Waals surface area contributed by atoms with E-state index in [0.29, 0.717) is 11.5 Å². The first-order chi connectivity index (χ1) is 9.65. The number of aromatic nitrogens is 5. The van der Waals surface area contributed by atoms with Gasteiger partial charge in [0, 0.05) is 0 Å². The van der Waals surface area contributed by atoms with E-state index in [1.165, 1.54) is 29.0 Å². The standard InChI is InChI=1S/C11H7FN6O2/c12-7-3-6(11(19)20)1-2-8(7)14-9-4-13-5-10-15-16-17-18(9)10/h1-5,14H,(H,19,20). The van der Waals surface area contributed by atoms with Gasteiger partial charge in [0.1, 0.15) is 5.82 Å².